The maximum Gasteiger partial charge on any atom is 0 e. The van der Waals surface area contributed by atoms with E-state index in [1.165, 1.54) is 32.1 Å². The molecule has 0 atom stereocenters. The molecule has 0 unspecified atom stereocenters. The van der Waals surface area contributed by atoms with Crippen molar-refractivity contribution in [3.05, 3.63) is 6.92 Å². The van der Waals surface area contributed by atoms with Crippen LogP contribution in [0.25, 0.3) is 0 Å². The first-order chi connectivity index (χ1) is 3.91. The fourth-order valence-electron chi connectivity index (χ4n) is 0.780. The normalized spacial score (nSPS) is 8.67. The Kier molecular flexibility index (Phi) is 15.5. The van der Waals surface area contributed by atoms with Crippen molar-refractivity contribution in [2.24, 2.45) is 0 Å². The molecule has 55 valence electrons. The molecule has 0 fully saturated rings. The van der Waals surface area contributed by atoms with Gasteiger partial charge >= 0.3 is 0 Å². The second-order valence-corrected chi connectivity index (χ2v) is 2.27. The van der Waals surface area contributed by atoms with Crippen LogP contribution in [0.3, 0.4) is 0 Å². The van der Waals surface area contributed by atoms with Gasteiger partial charge < -0.3 is 6.92 Å². The van der Waals surface area contributed by atoms with Crippen LogP contribution in [0.15, 0.2) is 0 Å². The first-order valence-electron chi connectivity index (χ1n) is 3.71. The summed E-state index contributed by atoms with van der Waals surface area (Å²) in [5.41, 5.74) is 0. The van der Waals surface area contributed by atoms with Crippen molar-refractivity contribution in [3.63, 3.8) is 0 Å². The SMILES string of the molecule is [CH2-]CCCCCCC.[V]. The molecule has 0 rings (SSSR count). The molecule has 0 saturated heterocycles. The molecule has 0 aliphatic rings. The Bertz CT molecular complexity index is 29.5. The standard InChI is InChI=1S/C8H17.V/c1-3-5-7-8-6-4-2;/h1,3-8H2,2H3;/q-1;. The quantitative estimate of drug-likeness (QED) is 0.432. The van der Waals surface area contributed by atoms with Crippen LogP contribution in [-0.4, -0.2) is 0 Å². The molecule has 0 aliphatic heterocycles. The van der Waals surface area contributed by atoms with Gasteiger partial charge in [0.15, 0.2) is 0 Å². The molecule has 0 aromatic heterocycles. The van der Waals surface area contributed by atoms with Gasteiger partial charge in [-0.1, -0.05) is 39.0 Å². The van der Waals surface area contributed by atoms with E-state index in [-0.39, 0.29) is 18.6 Å². The van der Waals surface area contributed by atoms with Gasteiger partial charge in [-0.05, 0) is 0 Å². The molecule has 0 amide bonds. The van der Waals surface area contributed by atoms with Crippen molar-refractivity contribution >= 4 is 0 Å². The van der Waals surface area contributed by atoms with E-state index in [0.29, 0.717) is 0 Å². The molecule has 0 bridgehead atoms. The second-order valence-electron chi connectivity index (χ2n) is 2.27. The third kappa shape index (κ3) is 11.9. The number of unbranched alkanes of at least 4 members (excludes halogenated alkanes) is 5. The maximum absolute atomic E-state index is 3.78. The van der Waals surface area contributed by atoms with Crippen LogP contribution in [0, 0.1) is 6.92 Å². The van der Waals surface area contributed by atoms with E-state index in [1.54, 1.807) is 0 Å². The summed E-state index contributed by atoms with van der Waals surface area (Å²) in [5.74, 6) is 0. The van der Waals surface area contributed by atoms with E-state index < -0.39 is 0 Å². The Labute approximate surface area is 71.3 Å². The average Bonchev–Trinajstić information content (AvgIpc) is 1.81. The molecule has 0 nitrogen and oxygen atoms in total. The Balaban J connectivity index is 0. The number of hydrogen-bond acceptors (Lipinski definition) is 0. The van der Waals surface area contributed by atoms with Gasteiger partial charge in [-0.2, -0.15) is 6.42 Å². The van der Waals surface area contributed by atoms with Crippen molar-refractivity contribution in [1.29, 1.82) is 0 Å². The summed E-state index contributed by atoms with van der Waals surface area (Å²) in [6, 6.07) is 0. The second kappa shape index (κ2) is 11.4. The molecule has 0 heterocycles. The van der Waals surface area contributed by atoms with Crippen LogP contribution < -0.4 is 0 Å². The van der Waals surface area contributed by atoms with Crippen molar-refractivity contribution in [2.75, 3.05) is 0 Å². The van der Waals surface area contributed by atoms with E-state index in [0.717, 1.165) is 6.42 Å². The first-order valence-corrected chi connectivity index (χ1v) is 3.71. The first kappa shape index (κ1) is 12.3. The minimum atomic E-state index is 0. The van der Waals surface area contributed by atoms with Gasteiger partial charge in [0.05, 0.1) is 0 Å². The predicted molar refractivity (Wildman–Crippen MR) is 38.7 cm³/mol. The Hall–Kier alpha value is 0.584. The van der Waals surface area contributed by atoms with E-state index in [4.69, 9.17) is 0 Å². The largest absolute Gasteiger partial charge is 0.343 e. The van der Waals surface area contributed by atoms with Crippen LogP contribution in [-0.2, 0) is 18.6 Å². The maximum atomic E-state index is 3.78. The molecular formula is C8H17V-. The van der Waals surface area contributed by atoms with E-state index in [9.17, 15) is 0 Å². The molecule has 0 saturated carbocycles. The Morgan fingerprint density at radius 1 is 1.00 bits per heavy atom. The summed E-state index contributed by atoms with van der Waals surface area (Å²) in [6.45, 7) is 6.02. The van der Waals surface area contributed by atoms with E-state index in [1.807, 2.05) is 0 Å². The molecular weight excluding hydrogens is 147 g/mol. The summed E-state index contributed by atoms with van der Waals surface area (Å²) in [4.78, 5) is 0. The average molecular weight is 164 g/mol. The van der Waals surface area contributed by atoms with E-state index >= 15 is 0 Å². The number of hydrogen-bond donors (Lipinski definition) is 0. The fraction of sp³-hybridized carbons (Fsp3) is 0.875. The smallest absolute Gasteiger partial charge is 0 e. The zero-order valence-electron chi connectivity index (χ0n) is 6.40. The third-order valence-corrected chi connectivity index (χ3v) is 1.35. The summed E-state index contributed by atoms with van der Waals surface area (Å²) < 4.78 is 0. The number of rotatable bonds is 5. The van der Waals surface area contributed by atoms with Crippen LogP contribution in [0.5, 0.6) is 0 Å². The van der Waals surface area contributed by atoms with Gasteiger partial charge in [0.25, 0.3) is 0 Å². The molecule has 1 heteroatoms. The Morgan fingerprint density at radius 3 is 2.00 bits per heavy atom. The van der Waals surface area contributed by atoms with Crippen LogP contribution >= 0.6 is 0 Å². The fourth-order valence-corrected chi connectivity index (χ4v) is 0.780. The Morgan fingerprint density at radius 2 is 1.56 bits per heavy atom. The van der Waals surface area contributed by atoms with Crippen LogP contribution in [0.2, 0.25) is 0 Å². The summed E-state index contributed by atoms with van der Waals surface area (Å²) in [7, 11) is 0. The van der Waals surface area contributed by atoms with Crippen molar-refractivity contribution in [3.8, 4) is 0 Å². The minimum Gasteiger partial charge on any atom is -0.343 e. The van der Waals surface area contributed by atoms with Gasteiger partial charge in [-0.25, -0.2) is 0 Å². The summed E-state index contributed by atoms with van der Waals surface area (Å²) >= 11 is 0. The molecule has 0 aliphatic carbocycles. The van der Waals surface area contributed by atoms with Crippen LogP contribution in [0.1, 0.15) is 45.4 Å². The molecule has 0 spiro atoms. The zero-order valence-corrected chi connectivity index (χ0v) is 7.79. The van der Waals surface area contributed by atoms with E-state index in [2.05, 4.69) is 13.8 Å². The van der Waals surface area contributed by atoms with Gasteiger partial charge in [-0.3, -0.25) is 0 Å². The summed E-state index contributed by atoms with van der Waals surface area (Å²) in [5, 5.41) is 0. The van der Waals surface area contributed by atoms with Gasteiger partial charge in [0, 0.05) is 18.6 Å². The monoisotopic (exact) mass is 164 g/mol. The zero-order chi connectivity index (χ0) is 6.24. The van der Waals surface area contributed by atoms with Gasteiger partial charge in [0.1, 0.15) is 0 Å². The molecule has 9 heavy (non-hydrogen) atoms. The summed E-state index contributed by atoms with van der Waals surface area (Å²) in [6.07, 6.45) is 7.98. The molecule has 0 N–H and O–H groups in total. The van der Waals surface area contributed by atoms with Gasteiger partial charge in [-0.15, -0.1) is 0 Å². The van der Waals surface area contributed by atoms with Crippen molar-refractivity contribution in [1.82, 2.24) is 0 Å². The molecule has 0 aromatic rings. The minimum absolute atomic E-state index is 0. The third-order valence-electron chi connectivity index (χ3n) is 1.35. The van der Waals surface area contributed by atoms with Crippen LogP contribution in [0.4, 0.5) is 0 Å². The van der Waals surface area contributed by atoms with Crippen molar-refractivity contribution in [2.45, 2.75) is 45.4 Å². The van der Waals surface area contributed by atoms with Crippen molar-refractivity contribution < 1.29 is 18.6 Å². The molecule has 0 aromatic carbocycles. The predicted octanol–water partition coefficient (Wildman–Crippen LogP) is 3.18. The van der Waals surface area contributed by atoms with Gasteiger partial charge in [0.2, 0.25) is 0 Å². The topological polar surface area (TPSA) is 0 Å². The molecule has 1 radical (unpaired) electrons.